The zero-order valence-electron chi connectivity index (χ0n) is 11.9. The smallest absolute Gasteiger partial charge is 0.0410 e. The Labute approximate surface area is 125 Å². The third-order valence-corrected chi connectivity index (χ3v) is 4.68. The molecule has 0 aromatic carbocycles. The standard InChI is InChI=1S/C16H25BrN2/c1-18-16(9-13-6-4-2-3-5-7-13)10-14-8-15(17)12-19-11-14/h8,11-13,16,18H,2-7,9-10H2,1H3. The van der Waals surface area contributed by atoms with Crippen LogP contribution in [0.2, 0.25) is 0 Å². The first-order valence-corrected chi connectivity index (χ1v) is 8.34. The van der Waals surface area contributed by atoms with Crippen LogP contribution < -0.4 is 5.32 Å². The molecule has 0 radical (unpaired) electrons. The van der Waals surface area contributed by atoms with Crippen molar-refractivity contribution in [1.82, 2.24) is 10.3 Å². The molecule has 2 rings (SSSR count). The Morgan fingerprint density at radius 1 is 1.26 bits per heavy atom. The number of hydrogen-bond donors (Lipinski definition) is 1. The second-order valence-corrected chi connectivity index (χ2v) is 6.71. The predicted molar refractivity (Wildman–Crippen MR) is 84.3 cm³/mol. The van der Waals surface area contributed by atoms with E-state index in [-0.39, 0.29) is 0 Å². The minimum Gasteiger partial charge on any atom is -0.317 e. The van der Waals surface area contributed by atoms with Crippen LogP contribution in [0, 0.1) is 5.92 Å². The first-order valence-electron chi connectivity index (χ1n) is 7.54. The predicted octanol–water partition coefficient (Wildman–Crippen LogP) is 4.34. The summed E-state index contributed by atoms with van der Waals surface area (Å²) in [5.41, 5.74) is 1.32. The first-order chi connectivity index (χ1) is 9.28. The number of nitrogens with zero attached hydrogens (tertiary/aromatic N) is 1. The topological polar surface area (TPSA) is 24.9 Å². The summed E-state index contributed by atoms with van der Waals surface area (Å²) < 4.78 is 1.08. The highest BCUT2D eigenvalue weighted by atomic mass is 79.9. The van der Waals surface area contributed by atoms with Crippen LogP contribution in [0.1, 0.15) is 50.5 Å². The fraction of sp³-hybridized carbons (Fsp3) is 0.688. The van der Waals surface area contributed by atoms with Gasteiger partial charge in [-0.2, -0.15) is 0 Å². The Hall–Kier alpha value is -0.410. The van der Waals surface area contributed by atoms with E-state index in [1.807, 2.05) is 12.4 Å². The van der Waals surface area contributed by atoms with Gasteiger partial charge in [-0.05, 0) is 53.4 Å². The van der Waals surface area contributed by atoms with Crippen molar-refractivity contribution in [1.29, 1.82) is 0 Å². The fourth-order valence-electron chi connectivity index (χ4n) is 3.16. The molecule has 1 aliphatic carbocycles. The molecular formula is C16H25BrN2. The summed E-state index contributed by atoms with van der Waals surface area (Å²) in [5.74, 6) is 0.917. The monoisotopic (exact) mass is 324 g/mol. The van der Waals surface area contributed by atoms with Gasteiger partial charge < -0.3 is 5.32 Å². The molecule has 1 saturated carbocycles. The summed E-state index contributed by atoms with van der Waals surface area (Å²) >= 11 is 3.50. The van der Waals surface area contributed by atoms with Gasteiger partial charge in [0.1, 0.15) is 0 Å². The van der Waals surface area contributed by atoms with E-state index in [0.717, 1.165) is 16.8 Å². The molecule has 2 nitrogen and oxygen atoms in total. The molecule has 106 valence electrons. The maximum atomic E-state index is 4.26. The summed E-state index contributed by atoms with van der Waals surface area (Å²) in [5, 5.41) is 3.49. The van der Waals surface area contributed by atoms with E-state index in [1.54, 1.807) is 0 Å². The van der Waals surface area contributed by atoms with Crippen LogP contribution in [0.5, 0.6) is 0 Å². The van der Waals surface area contributed by atoms with Gasteiger partial charge in [0.25, 0.3) is 0 Å². The second kappa shape index (κ2) is 8.01. The van der Waals surface area contributed by atoms with Crippen molar-refractivity contribution in [3.05, 3.63) is 28.5 Å². The van der Waals surface area contributed by atoms with Gasteiger partial charge in [0.05, 0.1) is 0 Å². The van der Waals surface area contributed by atoms with Crippen LogP contribution in [0.4, 0.5) is 0 Å². The summed E-state index contributed by atoms with van der Waals surface area (Å²) in [6.07, 6.45) is 14.8. The maximum Gasteiger partial charge on any atom is 0.0410 e. The van der Waals surface area contributed by atoms with Crippen molar-refractivity contribution >= 4 is 15.9 Å². The van der Waals surface area contributed by atoms with Gasteiger partial charge in [-0.15, -0.1) is 0 Å². The average Bonchev–Trinajstić information content (AvgIpc) is 2.66. The van der Waals surface area contributed by atoms with Crippen molar-refractivity contribution in [2.45, 2.75) is 57.4 Å². The minimum atomic E-state index is 0.583. The Morgan fingerprint density at radius 3 is 2.63 bits per heavy atom. The molecule has 3 heteroatoms. The molecule has 1 heterocycles. The van der Waals surface area contributed by atoms with Crippen molar-refractivity contribution in [3.8, 4) is 0 Å². The zero-order valence-corrected chi connectivity index (χ0v) is 13.5. The molecule has 0 aliphatic heterocycles. The van der Waals surface area contributed by atoms with Crippen LogP contribution in [0.3, 0.4) is 0 Å². The van der Waals surface area contributed by atoms with Crippen molar-refractivity contribution < 1.29 is 0 Å². The molecule has 1 atom stereocenters. The van der Waals surface area contributed by atoms with E-state index in [0.29, 0.717) is 6.04 Å². The van der Waals surface area contributed by atoms with E-state index in [2.05, 4.69) is 39.3 Å². The third kappa shape index (κ3) is 5.23. The first kappa shape index (κ1) is 15.0. The molecule has 1 aromatic rings. The van der Waals surface area contributed by atoms with E-state index in [4.69, 9.17) is 0 Å². The van der Waals surface area contributed by atoms with Crippen LogP contribution >= 0.6 is 15.9 Å². The summed E-state index contributed by atoms with van der Waals surface area (Å²) in [7, 11) is 2.09. The lowest BCUT2D eigenvalue weighted by Gasteiger charge is -2.22. The maximum absolute atomic E-state index is 4.26. The Balaban J connectivity index is 1.88. The number of nitrogens with one attached hydrogen (secondary N) is 1. The Kier molecular flexibility index (Phi) is 6.32. The van der Waals surface area contributed by atoms with Crippen LogP contribution in [-0.2, 0) is 6.42 Å². The molecule has 1 unspecified atom stereocenters. The van der Waals surface area contributed by atoms with Gasteiger partial charge in [-0.1, -0.05) is 38.5 Å². The quantitative estimate of drug-likeness (QED) is 0.815. The highest BCUT2D eigenvalue weighted by molar-refractivity contribution is 9.10. The van der Waals surface area contributed by atoms with E-state index in [1.165, 1.54) is 50.5 Å². The molecule has 0 spiro atoms. The molecule has 1 aliphatic rings. The van der Waals surface area contributed by atoms with Crippen LogP contribution in [0.15, 0.2) is 22.9 Å². The third-order valence-electron chi connectivity index (χ3n) is 4.24. The summed E-state index contributed by atoms with van der Waals surface area (Å²) in [4.78, 5) is 4.26. The zero-order chi connectivity index (χ0) is 13.5. The number of halogens is 1. The minimum absolute atomic E-state index is 0.583. The lowest BCUT2D eigenvalue weighted by atomic mass is 9.90. The van der Waals surface area contributed by atoms with Crippen molar-refractivity contribution in [2.24, 2.45) is 5.92 Å². The van der Waals surface area contributed by atoms with E-state index in [9.17, 15) is 0 Å². The lowest BCUT2D eigenvalue weighted by molar-refractivity contribution is 0.361. The molecule has 1 N–H and O–H groups in total. The van der Waals surface area contributed by atoms with Gasteiger partial charge in [0.2, 0.25) is 0 Å². The lowest BCUT2D eigenvalue weighted by Crippen LogP contribution is -2.30. The van der Waals surface area contributed by atoms with Crippen LogP contribution in [0.25, 0.3) is 0 Å². The normalized spacial score (nSPS) is 19.1. The number of pyridine rings is 1. The molecule has 1 aromatic heterocycles. The van der Waals surface area contributed by atoms with Crippen molar-refractivity contribution in [3.63, 3.8) is 0 Å². The van der Waals surface area contributed by atoms with E-state index < -0.39 is 0 Å². The Morgan fingerprint density at radius 2 is 2.00 bits per heavy atom. The number of likely N-dealkylation sites (N-methyl/N-ethyl adjacent to an activating group) is 1. The van der Waals surface area contributed by atoms with Gasteiger partial charge in [-0.3, -0.25) is 4.98 Å². The second-order valence-electron chi connectivity index (χ2n) is 5.79. The number of rotatable bonds is 5. The Bertz CT molecular complexity index is 373. The molecular weight excluding hydrogens is 300 g/mol. The molecule has 0 amide bonds. The number of aromatic nitrogens is 1. The van der Waals surface area contributed by atoms with Crippen LogP contribution in [-0.4, -0.2) is 18.1 Å². The fourth-order valence-corrected chi connectivity index (χ4v) is 3.57. The summed E-state index contributed by atoms with van der Waals surface area (Å²) in [6.45, 7) is 0. The highest BCUT2D eigenvalue weighted by Gasteiger charge is 2.17. The highest BCUT2D eigenvalue weighted by Crippen LogP contribution is 2.27. The van der Waals surface area contributed by atoms with Gasteiger partial charge in [0, 0.05) is 22.9 Å². The number of hydrogen-bond acceptors (Lipinski definition) is 2. The molecule has 0 bridgehead atoms. The molecule has 1 fully saturated rings. The summed E-state index contributed by atoms with van der Waals surface area (Å²) in [6, 6.07) is 2.77. The molecule has 0 saturated heterocycles. The van der Waals surface area contributed by atoms with E-state index >= 15 is 0 Å². The SMILES string of the molecule is CNC(Cc1cncc(Br)c1)CC1CCCCCC1. The van der Waals surface area contributed by atoms with Gasteiger partial charge in [0.15, 0.2) is 0 Å². The van der Waals surface area contributed by atoms with Gasteiger partial charge in [-0.25, -0.2) is 0 Å². The largest absolute Gasteiger partial charge is 0.317 e. The molecule has 19 heavy (non-hydrogen) atoms. The van der Waals surface area contributed by atoms with Crippen molar-refractivity contribution in [2.75, 3.05) is 7.05 Å². The average molecular weight is 325 g/mol. The van der Waals surface area contributed by atoms with Gasteiger partial charge >= 0.3 is 0 Å².